The fraction of sp³-hybridized carbons (Fsp3) is 0. The van der Waals surface area contributed by atoms with Crippen LogP contribution in [0.2, 0.25) is 0 Å². The second-order valence-electron chi connectivity index (χ2n) is 3.10. The van der Waals surface area contributed by atoms with Crippen molar-refractivity contribution in [1.29, 1.82) is 5.26 Å². The summed E-state index contributed by atoms with van der Waals surface area (Å²) in [6.07, 6.45) is 1.10. The summed E-state index contributed by atoms with van der Waals surface area (Å²) in [7, 11) is 0. The highest BCUT2D eigenvalue weighted by molar-refractivity contribution is 5.61. The van der Waals surface area contributed by atoms with Crippen molar-refractivity contribution in [2.24, 2.45) is 0 Å². The first-order valence-corrected chi connectivity index (χ1v) is 4.37. The lowest BCUT2D eigenvalue weighted by molar-refractivity contribution is 0.448. The lowest BCUT2D eigenvalue weighted by atomic mass is 10.1. The van der Waals surface area contributed by atoms with Gasteiger partial charge in [-0.05, 0) is 12.1 Å². The summed E-state index contributed by atoms with van der Waals surface area (Å²) in [4.78, 5) is 0. The van der Waals surface area contributed by atoms with E-state index in [9.17, 15) is 17.6 Å². The summed E-state index contributed by atoms with van der Waals surface area (Å²) < 4.78 is 58.1. The zero-order valence-electron chi connectivity index (χ0n) is 8.10. The molecule has 2 aromatic rings. The largest absolute Gasteiger partial charge is 0.464 e. The molecule has 2 rings (SSSR count). The van der Waals surface area contributed by atoms with Gasteiger partial charge in [-0.3, -0.25) is 0 Å². The molecule has 1 aromatic heterocycles. The van der Waals surface area contributed by atoms with Crippen LogP contribution in [0.25, 0.3) is 11.3 Å². The zero-order chi connectivity index (χ0) is 12.6. The third-order valence-electron chi connectivity index (χ3n) is 2.14. The highest BCUT2D eigenvalue weighted by Gasteiger charge is 2.27. The van der Waals surface area contributed by atoms with Gasteiger partial charge in [0.2, 0.25) is 0 Å². The van der Waals surface area contributed by atoms with E-state index in [1.165, 1.54) is 6.07 Å². The Morgan fingerprint density at radius 1 is 1.00 bits per heavy atom. The number of halogens is 4. The van der Waals surface area contributed by atoms with Gasteiger partial charge in [0.1, 0.15) is 17.4 Å². The minimum atomic E-state index is -1.74. The van der Waals surface area contributed by atoms with Crippen LogP contribution >= 0.6 is 0 Å². The molecule has 17 heavy (non-hydrogen) atoms. The Balaban J connectivity index is 2.84. The molecule has 0 fully saturated rings. The third kappa shape index (κ3) is 1.56. The van der Waals surface area contributed by atoms with Crippen molar-refractivity contribution >= 4 is 0 Å². The summed E-state index contributed by atoms with van der Waals surface area (Å²) >= 11 is 0. The van der Waals surface area contributed by atoms with E-state index >= 15 is 0 Å². The normalized spacial score (nSPS) is 10.3. The molecule has 0 radical (unpaired) electrons. The number of hydrogen-bond donors (Lipinski definition) is 0. The van der Waals surface area contributed by atoms with Gasteiger partial charge >= 0.3 is 0 Å². The molecular formula is C11H3F4NO. The first-order valence-electron chi connectivity index (χ1n) is 4.37. The Morgan fingerprint density at radius 2 is 1.59 bits per heavy atom. The molecule has 0 bridgehead atoms. The van der Waals surface area contributed by atoms with E-state index in [2.05, 4.69) is 4.42 Å². The van der Waals surface area contributed by atoms with Gasteiger partial charge in [-0.25, -0.2) is 17.6 Å². The molecule has 6 heteroatoms. The van der Waals surface area contributed by atoms with E-state index < -0.39 is 34.4 Å². The molecule has 1 heterocycles. The van der Waals surface area contributed by atoms with Crippen molar-refractivity contribution in [3.63, 3.8) is 0 Å². The lowest BCUT2D eigenvalue weighted by Gasteiger charge is -2.05. The predicted molar refractivity (Wildman–Crippen MR) is 48.7 cm³/mol. The van der Waals surface area contributed by atoms with Crippen LogP contribution in [0.3, 0.4) is 0 Å². The van der Waals surface area contributed by atoms with Crippen molar-refractivity contribution < 1.29 is 22.0 Å². The standard InChI is InChI=1S/C11H3F4NO/c12-8-5(4-16)9(13)11(15)7(10(8)14)6-2-1-3-17-6/h1-3H. The number of furan rings is 1. The highest BCUT2D eigenvalue weighted by Crippen LogP contribution is 2.31. The van der Waals surface area contributed by atoms with Crippen molar-refractivity contribution in [2.45, 2.75) is 0 Å². The van der Waals surface area contributed by atoms with E-state index in [0.717, 1.165) is 18.4 Å². The fourth-order valence-electron chi connectivity index (χ4n) is 1.37. The Labute approximate surface area is 92.7 Å². The molecule has 0 N–H and O–H groups in total. The maximum atomic E-state index is 13.5. The Morgan fingerprint density at radius 3 is 2.00 bits per heavy atom. The summed E-state index contributed by atoms with van der Waals surface area (Å²) in [5.41, 5.74) is -2.26. The van der Waals surface area contributed by atoms with Crippen LogP contribution in [0.5, 0.6) is 0 Å². The molecule has 1 aromatic carbocycles. The number of rotatable bonds is 1. The van der Waals surface area contributed by atoms with Gasteiger partial charge in [-0.15, -0.1) is 0 Å². The monoisotopic (exact) mass is 241 g/mol. The average molecular weight is 241 g/mol. The maximum absolute atomic E-state index is 13.5. The molecule has 0 saturated carbocycles. The van der Waals surface area contributed by atoms with Gasteiger partial charge in [0.05, 0.1) is 11.8 Å². The maximum Gasteiger partial charge on any atom is 0.180 e. The predicted octanol–water partition coefficient (Wildman–Crippen LogP) is 3.37. The minimum Gasteiger partial charge on any atom is -0.464 e. The van der Waals surface area contributed by atoms with Crippen LogP contribution in [0.4, 0.5) is 17.6 Å². The summed E-state index contributed by atoms with van der Waals surface area (Å²) in [5, 5.41) is 8.38. The Hall–Kier alpha value is -2.29. The second-order valence-corrected chi connectivity index (χ2v) is 3.10. The third-order valence-corrected chi connectivity index (χ3v) is 2.14. The van der Waals surface area contributed by atoms with Gasteiger partial charge in [-0.1, -0.05) is 0 Å². The van der Waals surface area contributed by atoms with Crippen LogP contribution in [-0.2, 0) is 0 Å². The van der Waals surface area contributed by atoms with Crippen LogP contribution in [0.1, 0.15) is 5.56 Å². The summed E-state index contributed by atoms with van der Waals surface area (Å²) in [6, 6.07) is 3.51. The molecule has 86 valence electrons. The van der Waals surface area contributed by atoms with E-state index in [1.807, 2.05) is 0 Å². The van der Waals surface area contributed by atoms with Crippen LogP contribution < -0.4 is 0 Å². The molecule has 0 saturated heterocycles. The van der Waals surface area contributed by atoms with Crippen molar-refractivity contribution in [1.82, 2.24) is 0 Å². The first-order chi connectivity index (χ1) is 8.07. The molecule has 0 atom stereocenters. The van der Waals surface area contributed by atoms with Crippen molar-refractivity contribution in [3.8, 4) is 17.4 Å². The molecule has 2 nitrogen and oxygen atoms in total. The number of nitriles is 1. The topological polar surface area (TPSA) is 36.9 Å². The Kier molecular flexibility index (Phi) is 2.60. The van der Waals surface area contributed by atoms with Crippen LogP contribution in [-0.4, -0.2) is 0 Å². The number of hydrogen-bond acceptors (Lipinski definition) is 2. The average Bonchev–Trinajstić information content (AvgIpc) is 2.81. The lowest BCUT2D eigenvalue weighted by Crippen LogP contribution is -2.03. The number of nitrogens with zero attached hydrogens (tertiary/aromatic N) is 1. The molecular weight excluding hydrogens is 238 g/mol. The molecule has 0 spiro atoms. The van der Waals surface area contributed by atoms with Crippen molar-refractivity contribution in [2.75, 3.05) is 0 Å². The van der Waals surface area contributed by atoms with E-state index in [0.29, 0.717) is 0 Å². The Bertz CT molecular complexity index is 584. The first kappa shape index (κ1) is 11.2. The smallest absolute Gasteiger partial charge is 0.180 e. The molecule has 0 aliphatic heterocycles. The quantitative estimate of drug-likeness (QED) is 0.567. The fourth-order valence-corrected chi connectivity index (χ4v) is 1.37. The van der Waals surface area contributed by atoms with E-state index in [4.69, 9.17) is 5.26 Å². The minimum absolute atomic E-state index is 0.359. The highest BCUT2D eigenvalue weighted by atomic mass is 19.2. The SMILES string of the molecule is N#Cc1c(F)c(F)c(-c2ccco2)c(F)c1F. The van der Waals surface area contributed by atoms with E-state index in [-0.39, 0.29) is 5.76 Å². The van der Waals surface area contributed by atoms with Gasteiger partial charge in [0, 0.05) is 0 Å². The molecule has 0 aliphatic carbocycles. The molecule has 0 aliphatic rings. The van der Waals surface area contributed by atoms with Crippen molar-refractivity contribution in [3.05, 3.63) is 47.2 Å². The van der Waals surface area contributed by atoms with Gasteiger partial charge in [-0.2, -0.15) is 5.26 Å². The van der Waals surface area contributed by atoms with Gasteiger partial charge in [0.25, 0.3) is 0 Å². The van der Waals surface area contributed by atoms with Crippen LogP contribution in [0, 0.1) is 34.6 Å². The van der Waals surface area contributed by atoms with E-state index in [1.54, 1.807) is 0 Å². The van der Waals surface area contributed by atoms with Gasteiger partial charge in [0.15, 0.2) is 23.3 Å². The zero-order valence-corrected chi connectivity index (χ0v) is 8.10. The molecule has 0 amide bonds. The number of benzene rings is 1. The van der Waals surface area contributed by atoms with Crippen LogP contribution in [0.15, 0.2) is 22.8 Å². The second kappa shape index (κ2) is 3.94. The summed E-state index contributed by atoms with van der Waals surface area (Å²) in [6.45, 7) is 0. The van der Waals surface area contributed by atoms with Gasteiger partial charge < -0.3 is 4.42 Å². The summed E-state index contributed by atoms with van der Waals surface area (Å²) in [5.74, 6) is -7.15. The molecule has 0 unspecified atom stereocenters.